The molecule has 1 atom stereocenters. The molecule has 1 aromatic carbocycles. The summed E-state index contributed by atoms with van der Waals surface area (Å²) in [4.78, 5) is 36.2. The van der Waals surface area contributed by atoms with Gasteiger partial charge in [0.15, 0.2) is 0 Å². The van der Waals surface area contributed by atoms with Gasteiger partial charge in [-0.15, -0.1) is 5.10 Å². The minimum absolute atomic E-state index is 0.00531. The number of aryl methyl sites for hydroxylation is 2. The summed E-state index contributed by atoms with van der Waals surface area (Å²) in [6, 6.07) is 11.5. The predicted molar refractivity (Wildman–Crippen MR) is 198 cm³/mol. The van der Waals surface area contributed by atoms with Crippen LogP contribution in [-0.2, 0) is 34.0 Å². The molecule has 1 saturated heterocycles. The van der Waals surface area contributed by atoms with Crippen LogP contribution in [0.1, 0.15) is 87.6 Å². The number of esters is 1. The number of amides is 1. The van der Waals surface area contributed by atoms with Crippen molar-refractivity contribution in [2.75, 3.05) is 43.4 Å². The molecule has 3 aromatic rings. The molecular formula is C37H57N11O3. The number of piperidine rings is 1. The zero-order valence-electron chi connectivity index (χ0n) is 30.2. The summed E-state index contributed by atoms with van der Waals surface area (Å²) in [7, 11) is 0. The molecule has 5 rings (SSSR count). The van der Waals surface area contributed by atoms with Crippen molar-refractivity contribution in [3.63, 3.8) is 0 Å². The molecule has 1 aliphatic carbocycles. The maximum atomic E-state index is 12.9. The Morgan fingerprint density at radius 1 is 0.980 bits per heavy atom. The van der Waals surface area contributed by atoms with Crippen molar-refractivity contribution >= 4 is 23.6 Å². The van der Waals surface area contributed by atoms with Gasteiger partial charge in [0.1, 0.15) is 24.2 Å². The lowest BCUT2D eigenvalue weighted by atomic mass is 9.95. The SMILES string of the molecule is Cc1cc(NC2CCN(C(=O)CCC(N)C(=O)OCc3ccccc3)CC2)nc(NCc2cn(CCCNCCCNC3CCCCC3)nn2)n1. The second-order valence-electron chi connectivity index (χ2n) is 13.8. The number of anilines is 2. The lowest BCUT2D eigenvalue weighted by Gasteiger charge is -2.33. The number of carbonyl (C=O) groups excluding carboxylic acids is 2. The minimum atomic E-state index is -0.826. The van der Waals surface area contributed by atoms with Crippen molar-refractivity contribution in [3.05, 3.63) is 59.5 Å². The van der Waals surface area contributed by atoms with Crippen LogP contribution in [0, 0.1) is 6.92 Å². The average Bonchev–Trinajstić information content (AvgIpc) is 3.61. The van der Waals surface area contributed by atoms with Gasteiger partial charge in [0.25, 0.3) is 0 Å². The third-order valence-corrected chi connectivity index (χ3v) is 9.57. The number of benzene rings is 1. The van der Waals surface area contributed by atoms with Crippen LogP contribution in [0.3, 0.4) is 0 Å². The maximum Gasteiger partial charge on any atom is 0.323 e. The van der Waals surface area contributed by atoms with E-state index < -0.39 is 12.0 Å². The van der Waals surface area contributed by atoms with E-state index in [2.05, 4.69) is 41.5 Å². The quantitative estimate of drug-likeness (QED) is 0.0856. The predicted octanol–water partition coefficient (Wildman–Crippen LogP) is 3.53. The van der Waals surface area contributed by atoms with Gasteiger partial charge in [0.2, 0.25) is 11.9 Å². The molecule has 2 aromatic heterocycles. The minimum Gasteiger partial charge on any atom is -0.460 e. The summed E-state index contributed by atoms with van der Waals surface area (Å²) < 4.78 is 7.20. The molecule has 278 valence electrons. The number of carbonyl (C=O) groups is 2. The number of likely N-dealkylation sites (tertiary alicyclic amines) is 1. The van der Waals surface area contributed by atoms with Crippen LogP contribution in [0.4, 0.5) is 11.8 Å². The van der Waals surface area contributed by atoms with E-state index >= 15 is 0 Å². The van der Waals surface area contributed by atoms with E-state index in [-0.39, 0.29) is 31.4 Å². The van der Waals surface area contributed by atoms with Crippen LogP contribution in [0.15, 0.2) is 42.6 Å². The molecule has 2 fully saturated rings. The highest BCUT2D eigenvalue weighted by Gasteiger charge is 2.25. The van der Waals surface area contributed by atoms with Gasteiger partial charge in [-0.2, -0.15) is 4.98 Å². The second kappa shape index (κ2) is 20.6. The number of aromatic nitrogens is 5. The van der Waals surface area contributed by atoms with Gasteiger partial charge < -0.3 is 36.6 Å². The van der Waals surface area contributed by atoms with Gasteiger partial charge in [-0.05, 0) is 77.1 Å². The van der Waals surface area contributed by atoms with E-state index in [1.165, 1.54) is 32.1 Å². The monoisotopic (exact) mass is 703 g/mol. The summed E-state index contributed by atoms with van der Waals surface area (Å²) in [5, 5.41) is 22.7. The molecule has 3 heterocycles. The zero-order chi connectivity index (χ0) is 35.7. The van der Waals surface area contributed by atoms with Gasteiger partial charge in [0, 0.05) is 49.9 Å². The van der Waals surface area contributed by atoms with Crippen LogP contribution in [0.5, 0.6) is 0 Å². The molecule has 1 aliphatic heterocycles. The smallest absolute Gasteiger partial charge is 0.323 e. The van der Waals surface area contributed by atoms with Crippen molar-refractivity contribution in [2.45, 2.75) is 115 Å². The Balaban J connectivity index is 0.938. The molecule has 0 bridgehead atoms. The van der Waals surface area contributed by atoms with Crippen LogP contribution in [-0.4, -0.2) is 92.6 Å². The topological polar surface area (TPSA) is 177 Å². The molecule has 0 spiro atoms. The molecule has 1 saturated carbocycles. The highest BCUT2D eigenvalue weighted by atomic mass is 16.5. The molecule has 0 radical (unpaired) electrons. The van der Waals surface area contributed by atoms with E-state index in [0.29, 0.717) is 25.6 Å². The molecule has 1 amide bonds. The summed E-state index contributed by atoms with van der Waals surface area (Å²) >= 11 is 0. The Morgan fingerprint density at radius 3 is 2.57 bits per heavy atom. The Hall–Kier alpha value is -4.14. The fraction of sp³-hybridized carbons (Fsp3) is 0.622. The van der Waals surface area contributed by atoms with Crippen molar-refractivity contribution in [1.82, 2.24) is 40.5 Å². The van der Waals surface area contributed by atoms with E-state index in [1.807, 2.05) is 59.1 Å². The third-order valence-electron chi connectivity index (χ3n) is 9.57. The molecule has 2 aliphatic rings. The normalized spacial score (nSPS) is 16.2. The number of nitrogens with two attached hydrogens (primary N) is 1. The number of hydrogen-bond acceptors (Lipinski definition) is 12. The number of nitrogens with one attached hydrogen (secondary N) is 4. The molecular weight excluding hydrogens is 646 g/mol. The largest absolute Gasteiger partial charge is 0.460 e. The van der Waals surface area contributed by atoms with Crippen molar-refractivity contribution in [1.29, 1.82) is 0 Å². The Labute approximate surface area is 302 Å². The highest BCUT2D eigenvalue weighted by Crippen LogP contribution is 2.19. The van der Waals surface area contributed by atoms with E-state index in [1.54, 1.807) is 0 Å². The van der Waals surface area contributed by atoms with E-state index in [0.717, 1.165) is 80.7 Å². The van der Waals surface area contributed by atoms with Crippen LogP contribution < -0.4 is 27.0 Å². The van der Waals surface area contributed by atoms with Crippen molar-refractivity contribution in [2.24, 2.45) is 5.73 Å². The maximum absolute atomic E-state index is 12.9. The summed E-state index contributed by atoms with van der Waals surface area (Å²) in [6.07, 6.45) is 13.0. The van der Waals surface area contributed by atoms with Crippen LogP contribution >= 0.6 is 0 Å². The van der Waals surface area contributed by atoms with Crippen LogP contribution in [0.25, 0.3) is 0 Å². The Morgan fingerprint density at radius 2 is 1.76 bits per heavy atom. The number of ether oxygens (including phenoxy) is 1. The lowest BCUT2D eigenvalue weighted by molar-refractivity contribution is -0.146. The first kappa shape index (κ1) is 38.1. The van der Waals surface area contributed by atoms with Gasteiger partial charge in [-0.1, -0.05) is 54.8 Å². The average molecular weight is 704 g/mol. The first-order valence-corrected chi connectivity index (χ1v) is 18.8. The summed E-state index contributed by atoms with van der Waals surface area (Å²) in [6.45, 7) is 7.75. The molecule has 6 N–H and O–H groups in total. The van der Waals surface area contributed by atoms with Crippen molar-refractivity contribution < 1.29 is 14.3 Å². The van der Waals surface area contributed by atoms with Gasteiger partial charge >= 0.3 is 5.97 Å². The molecule has 14 nitrogen and oxygen atoms in total. The zero-order valence-corrected chi connectivity index (χ0v) is 30.2. The fourth-order valence-electron chi connectivity index (χ4n) is 6.61. The standard InChI is InChI=1S/C37H57N11O3/c1-28-24-34(43-31-16-22-47(23-17-31)35(49)15-14-33(38)36(50)51-27-29-10-4-2-5-11-29)44-37(42-28)41-25-32-26-48(46-45-32)21-9-19-39-18-8-20-40-30-12-6-3-7-13-30/h2,4-5,10-11,24,26,30-31,33,39-40H,3,6-9,12-23,25,27,38H2,1H3,(H2,41,42,43,44). The lowest BCUT2D eigenvalue weighted by Crippen LogP contribution is -2.43. The number of nitrogens with zero attached hydrogens (tertiary/aromatic N) is 6. The molecule has 1 unspecified atom stereocenters. The Kier molecular flexibility index (Phi) is 15.4. The van der Waals surface area contributed by atoms with E-state index in [9.17, 15) is 9.59 Å². The molecule has 51 heavy (non-hydrogen) atoms. The van der Waals surface area contributed by atoms with Gasteiger partial charge in [0.05, 0.1) is 12.7 Å². The van der Waals surface area contributed by atoms with Gasteiger partial charge in [-0.3, -0.25) is 14.3 Å². The molecule has 14 heteroatoms. The fourth-order valence-corrected chi connectivity index (χ4v) is 6.61. The van der Waals surface area contributed by atoms with E-state index in [4.69, 9.17) is 10.5 Å². The summed E-state index contributed by atoms with van der Waals surface area (Å²) in [5.41, 5.74) is 8.60. The summed E-state index contributed by atoms with van der Waals surface area (Å²) in [5.74, 6) is 0.791. The number of rotatable bonds is 20. The third kappa shape index (κ3) is 13.5. The van der Waals surface area contributed by atoms with Gasteiger partial charge in [-0.25, -0.2) is 4.98 Å². The highest BCUT2D eigenvalue weighted by molar-refractivity contribution is 5.79. The van der Waals surface area contributed by atoms with Crippen molar-refractivity contribution in [3.8, 4) is 0 Å². The second-order valence-corrected chi connectivity index (χ2v) is 13.8. The number of hydrogen-bond donors (Lipinski definition) is 5. The van der Waals surface area contributed by atoms with Crippen LogP contribution in [0.2, 0.25) is 0 Å². The first-order chi connectivity index (χ1) is 24.9. The Bertz CT molecular complexity index is 1470. The first-order valence-electron chi connectivity index (χ1n) is 18.8.